The smallest absolute Gasteiger partial charge is 0.160 e. The lowest BCUT2D eigenvalue weighted by molar-refractivity contribution is 0.112. The van der Waals surface area contributed by atoms with Crippen LogP contribution in [-0.2, 0) is 0 Å². The van der Waals surface area contributed by atoms with Crippen molar-refractivity contribution < 1.29 is 4.79 Å². The average Bonchev–Trinajstić information content (AvgIpc) is 2.97. The van der Waals surface area contributed by atoms with Gasteiger partial charge in [0.2, 0.25) is 0 Å². The number of benzene rings is 1. The average molecular weight is 325 g/mol. The van der Waals surface area contributed by atoms with E-state index in [0.29, 0.717) is 0 Å². The molecule has 1 aromatic carbocycles. The highest BCUT2D eigenvalue weighted by atomic mass is 79.9. The molecule has 2 heterocycles. The summed E-state index contributed by atoms with van der Waals surface area (Å²) in [5, 5.41) is 1.91. The van der Waals surface area contributed by atoms with Crippen LogP contribution in [0.3, 0.4) is 0 Å². The molecule has 3 nitrogen and oxygen atoms in total. The molecule has 0 fully saturated rings. The van der Waals surface area contributed by atoms with E-state index in [2.05, 4.69) is 24.7 Å². The van der Waals surface area contributed by atoms with Crippen molar-refractivity contribution >= 4 is 56.3 Å². The predicted octanol–water partition coefficient (Wildman–Crippen LogP) is 3.99. The van der Waals surface area contributed by atoms with Gasteiger partial charge in [-0.2, -0.15) is 8.75 Å². The van der Waals surface area contributed by atoms with Gasteiger partial charge in [-0.25, -0.2) is 0 Å². The van der Waals surface area contributed by atoms with Crippen molar-refractivity contribution in [2.45, 2.75) is 0 Å². The zero-order valence-corrected chi connectivity index (χ0v) is 11.6. The molecule has 0 unspecified atom stereocenters. The molecule has 0 amide bonds. The van der Waals surface area contributed by atoms with Crippen LogP contribution >= 0.6 is 39.0 Å². The highest BCUT2D eigenvalue weighted by molar-refractivity contribution is 9.10. The maximum Gasteiger partial charge on any atom is 0.160 e. The Morgan fingerprint density at radius 3 is 2.76 bits per heavy atom. The van der Waals surface area contributed by atoms with Gasteiger partial charge in [-0.3, -0.25) is 4.79 Å². The molecular formula is C11H5BrN2OS2. The minimum Gasteiger partial charge on any atom is -0.297 e. The molecule has 0 atom stereocenters. The molecule has 0 spiro atoms. The normalized spacial score (nSPS) is 10.9. The summed E-state index contributed by atoms with van der Waals surface area (Å²) < 4.78 is 9.47. The Hall–Kier alpha value is -1.11. The van der Waals surface area contributed by atoms with Gasteiger partial charge in [0.25, 0.3) is 0 Å². The Balaban J connectivity index is 2.35. The highest BCUT2D eigenvalue weighted by Gasteiger charge is 2.13. The number of carbonyl (C=O) groups excluding carboxylic acids is 1. The van der Waals surface area contributed by atoms with E-state index < -0.39 is 0 Å². The molecular weight excluding hydrogens is 320 g/mol. The minimum atomic E-state index is 0.724. The molecule has 0 aliphatic carbocycles. The van der Waals surface area contributed by atoms with Gasteiger partial charge in [-0.15, -0.1) is 11.3 Å². The van der Waals surface area contributed by atoms with Crippen LogP contribution in [0.2, 0.25) is 0 Å². The molecule has 17 heavy (non-hydrogen) atoms. The Morgan fingerprint density at radius 1 is 1.12 bits per heavy atom. The van der Waals surface area contributed by atoms with Crippen LogP contribution in [0.25, 0.3) is 22.2 Å². The number of hydrogen-bond donors (Lipinski definition) is 0. The third-order valence-corrected chi connectivity index (χ3v) is 4.47. The lowest BCUT2D eigenvalue weighted by Gasteiger charge is -2.01. The van der Waals surface area contributed by atoms with Gasteiger partial charge in [0.1, 0.15) is 11.0 Å². The van der Waals surface area contributed by atoms with Crippen molar-refractivity contribution in [3.8, 4) is 11.1 Å². The fourth-order valence-corrected chi connectivity index (χ4v) is 3.50. The molecule has 0 aliphatic rings. The summed E-state index contributed by atoms with van der Waals surface area (Å²) in [6, 6.07) is 5.84. The van der Waals surface area contributed by atoms with E-state index in [0.717, 1.165) is 37.8 Å². The summed E-state index contributed by atoms with van der Waals surface area (Å²) >= 11 is 6.06. The fourth-order valence-electron chi connectivity index (χ4n) is 1.69. The van der Waals surface area contributed by atoms with E-state index >= 15 is 0 Å². The minimum absolute atomic E-state index is 0.724. The van der Waals surface area contributed by atoms with Crippen molar-refractivity contribution in [3.63, 3.8) is 0 Å². The summed E-state index contributed by atoms with van der Waals surface area (Å²) in [5.41, 5.74) is 3.57. The van der Waals surface area contributed by atoms with Crippen molar-refractivity contribution in [3.05, 3.63) is 32.9 Å². The van der Waals surface area contributed by atoms with Crippen LogP contribution in [0.1, 0.15) is 9.67 Å². The quantitative estimate of drug-likeness (QED) is 0.669. The number of fused-ring (bicyclic) bond motifs is 1. The standard InChI is InChI=1S/C11H5BrN2OS2/c12-8-2-1-7(10-11(8)14-17-13-10)6-3-4-16-9(6)5-15/h1-5H. The van der Waals surface area contributed by atoms with Crippen LogP contribution in [-0.4, -0.2) is 15.0 Å². The zero-order chi connectivity index (χ0) is 11.8. The summed E-state index contributed by atoms with van der Waals surface area (Å²) in [4.78, 5) is 11.7. The third-order valence-electron chi connectivity index (χ3n) is 2.46. The maximum absolute atomic E-state index is 11.0. The molecule has 84 valence electrons. The highest BCUT2D eigenvalue weighted by Crippen LogP contribution is 2.34. The Morgan fingerprint density at radius 2 is 1.94 bits per heavy atom. The largest absolute Gasteiger partial charge is 0.297 e. The van der Waals surface area contributed by atoms with Crippen LogP contribution in [0.15, 0.2) is 28.1 Å². The van der Waals surface area contributed by atoms with Crippen molar-refractivity contribution in [1.29, 1.82) is 0 Å². The van der Waals surface area contributed by atoms with Crippen LogP contribution < -0.4 is 0 Å². The summed E-state index contributed by atoms with van der Waals surface area (Å²) in [6.07, 6.45) is 0.883. The van der Waals surface area contributed by atoms with Gasteiger partial charge < -0.3 is 0 Å². The molecule has 0 bridgehead atoms. The Labute approximate surface area is 114 Å². The van der Waals surface area contributed by atoms with E-state index in [1.165, 1.54) is 23.1 Å². The molecule has 3 aromatic rings. The first-order chi connectivity index (χ1) is 8.31. The van der Waals surface area contributed by atoms with Gasteiger partial charge in [0.15, 0.2) is 6.29 Å². The molecule has 6 heteroatoms. The number of thiophene rings is 1. The number of rotatable bonds is 2. The number of aldehydes is 1. The molecule has 0 N–H and O–H groups in total. The third kappa shape index (κ3) is 1.72. The van der Waals surface area contributed by atoms with Crippen LogP contribution in [0, 0.1) is 0 Å². The number of hydrogen-bond acceptors (Lipinski definition) is 5. The monoisotopic (exact) mass is 324 g/mol. The first-order valence-electron chi connectivity index (χ1n) is 4.75. The van der Waals surface area contributed by atoms with E-state index in [4.69, 9.17) is 0 Å². The maximum atomic E-state index is 11.0. The van der Waals surface area contributed by atoms with Crippen molar-refractivity contribution in [2.24, 2.45) is 0 Å². The van der Waals surface area contributed by atoms with E-state index in [-0.39, 0.29) is 0 Å². The molecule has 0 aliphatic heterocycles. The summed E-state index contributed by atoms with van der Waals surface area (Å²) in [5.74, 6) is 0. The number of aromatic nitrogens is 2. The first kappa shape index (κ1) is 11.0. The number of halogens is 1. The van der Waals surface area contributed by atoms with E-state index in [9.17, 15) is 4.79 Å². The lowest BCUT2D eigenvalue weighted by atomic mass is 10.1. The first-order valence-corrected chi connectivity index (χ1v) is 7.15. The Kier molecular flexibility index (Phi) is 2.78. The van der Waals surface area contributed by atoms with Gasteiger partial charge in [-0.1, -0.05) is 6.07 Å². The molecule has 3 rings (SSSR count). The molecule has 0 radical (unpaired) electrons. The topological polar surface area (TPSA) is 42.9 Å². The van der Waals surface area contributed by atoms with Gasteiger partial charge in [0, 0.05) is 15.6 Å². The Bertz CT molecular complexity index is 704. The van der Waals surface area contributed by atoms with E-state index in [1.807, 2.05) is 23.6 Å². The predicted molar refractivity (Wildman–Crippen MR) is 73.8 cm³/mol. The van der Waals surface area contributed by atoms with Gasteiger partial charge in [-0.05, 0) is 33.4 Å². The second-order valence-electron chi connectivity index (χ2n) is 3.37. The number of carbonyl (C=O) groups is 1. The summed E-state index contributed by atoms with van der Waals surface area (Å²) in [6.45, 7) is 0. The fraction of sp³-hybridized carbons (Fsp3) is 0. The zero-order valence-electron chi connectivity index (χ0n) is 8.38. The second kappa shape index (κ2) is 4.29. The SMILES string of the molecule is O=Cc1sccc1-c1ccc(Br)c2nsnc12. The van der Waals surface area contributed by atoms with Gasteiger partial charge in [0.05, 0.1) is 16.6 Å². The van der Waals surface area contributed by atoms with Crippen molar-refractivity contribution in [1.82, 2.24) is 8.75 Å². The van der Waals surface area contributed by atoms with Crippen molar-refractivity contribution in [2.75, 3.05) is 0 Å². The lowest BCUT2D eigenvalue weighted by Crippen LogP contribution is -1.83. The summed E-state index contributed by atoms with van der Waals surface area (Å²) in [7, 11) is 0. The van der Waals surface area contributed by atoms with Crippen LogP contribution in [0.4, 0.5) is 0 Å². The number of nitrogens with zero attached hydrogens (tertiary/aromatic N) is 2. The second-order valence-corrected chi connectivity index (χ2v) is 5.70. The molecule has 2 aromatic heterocycles. The van der Waals surface area contributed by atoms with Gasteiger partial charge >= 0.3 is 0 Å². The molecule has 0 saturated heterocycles. The van der Waals surface area contributed by atoms with Crippen LogP contribution in [0.5, 0.6) is 0 Å². The molecule has 0 saturated carbocycles. The van der Waals surface area contributed by atoms with E-state index in [1.54, 1.807) is 0 Å².